The average Bonchev–Trinajstić information content (AvgIpc) is 2.71. The SMILES string of the molecule is FC(F)(F)C(NC1=NCCCCC1)(c1ccccc1)C(F)(F)F. The molecule has 0 aliphatic carbocycles. The molecular weight excluding hydrogens is 322 g/mol. The molecule has 1 N–H and O–H groups in total. The van der Waals surface area contributed by atoms with E-state index in [9.17, 15) is 26.3 Å². The van der Waals surface area contributed by atoms with Crippen molar-refractivity contribution in [3.05, 3.63) is 35.9 Å². The third-order valence-electron chi connectivity index (χ3n) is 3.76. The maximum atomic E-state index is 13.6. The Labute approximate surface area is 129 Å². The summed E-state index contributed by atoms with van der Waals surface area (Å²) in [6.45, 7) is 0.225. The van der Waals surface area contributed by atoms with E-state index in [4.69, 9.17) is 0 Å². The molecule has 0 atom stereocenters. The van der Waals surface area contributed by atoms with Crippen LogP contribution in [-0.4, -0.2) is 24.7 Å². The Morgan fingerprint density at radius 1 is 0.826 bits per heavy atom. The van der Waals surface area contributed by atoms with Gasteiger partial charge in [-0.2, -0.15) is 26.3 Å². The number of rotatable bonds is 2. The first-order valence-electron chi connectivity index (χ1n) is 7.19. The largest absolute Gasteiger partial charge is 0.424 e. The normalized spacial score (nSPS) is 17.4. The van der Waals surface area contributed by atoms with E-state index in [1.165, 1.54) is 6.07 Å². The van der Waals surface area contributed by atoms with Crippen molar-refractivity contribution in [2.45, 2.75) is 43.6 Å². The summed E-state index contributed by atoms with van der Waals surface area (Å²) in [4.78, 5) is 3.87. The summed E-state index contributed by atoms with van der Waals surface area (Å²) in [6.07, 6.45) is -9.18. The van der Waals surface area contributed by atoms with Gasteiger partial charge in [-0.3, -0.25) is 4.99 Å². The lowest BCUT2D eigenvalue weighted by atomic mass is 9.87. The maximum absolute atomic E-state index is 13.6. The first-order chi connectivity index (χ1) is 10.7. The fourth-order valence-electron chi connectivity index (χ4n) is 2.58. The van der Waals surface area contributed by atoms with Crippen molar-refractivity contribution in [3.8, 4) is 0 Å². The molecule has 0 unspecified atom stereocenters. The van der Waals surface area contributed by atoms with Crippen LogP contribution in [0, 0.1) is 0 Å². The molecule has 0 radical (unpaired) electrons. The topological polar surface area (TPSA) is 24.4 Å². The molecule has 128 valence electrons. The van der Waals surface area contributed by atoms with Gasteiger partial charge in [0.05, 0.1) is 5.84 Å². The number of nitrogens with zero attached hydrogens (tertiary/aromatic N) is 1. The highest BCUT2D eigenvalue weighted by Crippen LogP contribution is 2.50. The van der Waals surface area contributed by atoms with Gasteiger partial charge in [0.15, 0.2) is 0 Å². The zero-order valence-corrected chi connectivity index (χ0v) is 12.1. The third-order valence-corrected chi connectivity index (χ3v) is 3.76. The van der Waals surface area contributed by atoms with Crippen LogP contribution in [0.25, 0.3) is 0 Å². The zero-order valence-electron chi connectivity index (χ0n) is 12.1. The van der Waals surface area contributed by atoms with Crippen LogP contribution >= 0.6 is 0 Å². The van der Waals surface area contributed by atoms with Gasteiger partial charge in [-0.15, -0.1) is 0 Å². The molecule has 0 fully saturated rings. The van der Waals surface area contributed by atoms with E-state index >= 15 is 0 Å². The second-order valence-corrected chi connectivity index (χ2v) is 5.38. The predicted octanol–water partition coefficient (Wildman–Crippen LogP) is 4.57. The van der Waals surface area contributed by atoms with Gasteiger partial charge in [-0.1, -0.05) is 36.8 Å². The Morgan fingerprint density at radius 2 is 1.43 bits per heavy atom. The van der Waals surface area contributed by atoms with E-state index in [0.29, 0.717) is 12.8 Å². The number of hydrogen-bond donors (Lipinski definition) is 1. The Kier molecular flexibility index (Phi) is 4.91. The van der Waals surface area contributed by atoms with Crippen molar-refractivity contribution in [1.29, 1.82) is 0 Å². The standard InChI is InChI=1S/C15H16F6N2/c16-14(17,18)13(15(19,20)21,11-7-3-1-4-8-11)23-12-9-5-2-6-10-22-12/h1,3-4,7-8H,2,5-6,9-10H2,(H,22,23). The lowest BCUT2D eigenvalue weighted by Gasteiger charge is -2.39. The fraction of sp³-hybridized carbons (Fsp3) is 0.533. The lowest BCUT2D eigenvalue weighted by molar-refractivity contribution is -0.309. The van der Waals surface area contributed by atoms with Gasteiger partial charge in [0.2, 0.25) is 0 Å². The van der Waals surface area contributed by atoms with Crippen LogP contribution in [0.4, 0.5) is 26.3 Å². The predicted molar refractivity (Wildman–Crippen MR) is 74.1 cm³/mol. The molecule has 8 heteroatoms. The first kappa shape index (κ1) is 17.6. The highest BCUT2D eigenvalue weighted by molar-refractivity contribution is 5.83. The van der Waals surface area contributed by atoms with Crippen molar-refractivity contribution in [3.63, 3.8) is 0 Å². The minimum Gasteiger partial charge on any atom is -0.349 e. The Hall–Kier alpha value is -1.73. The second-order valence-electron chi connectivity index (χ2n) is 5.38. The minimum atomic E-state index is -5.57. The summed E-state index contributed by atoms with van der Waals surface area (Å²) in [5.41, 5.74) is -5.06. The summed E-state index contributed by atoms with van der Waals surface area (Å²) in [7, 11) is 0. The van der Waals surface area contributed by atoms with E-state index in [0.717, 1.165) is 30.7 Å². The number of benzene rings is 1. The van der Waals surface area contributed by atoms with E-state index < -0.39 is 23.5 Å². The molecule has 0 amide bonds. The van der Waals surface area contributed by atoms with Gasteiger partial charge in [0.1, 0.15) is 0 Å². The second kappa shape index (κ2) is 6.41. The van der Waals surface area contributed by atoms with E-state index in [1.807, 2.05) is 0 Å². The molecule has 0 saturated heterocycles. The summed E-state index contributed by atoms with van der Waals surface area (Å²) in [6, 6.07) is 5.32. The van der Waals surface area contributed by atoms with Crippen LogP contribution < -0.4 is 5.32 Å². The van der Waals surface area contributed by atoms with Gasteiger partial charge < -0.3 is 5.32 Å². The molecule has 1 aliphatic heterocycles. The molecule has 2 rings (SSSR count). The summed E-state index contributed by atoms with van der Waals surface area (Å²) in [5.74, 6) is -0.249. The van der Waals surface area contributed by atoms with Gasteiger partial charge in [-0.05, 0) is 18.4 Å². The van der Waals surface area contributed by atoms with Crippen molar-refractivity contribution in [2.75, 3.05) is 6.54 Å². The van der Waals surface area contributed by atoms with Crippen LogP contribution in [0.5, 0.6) is 0 Å². The molecule has 0 saturated carbocycles. The zero-order chi connectivity index (χ0) is 17.1. The van der Waals surface area contributed by atoms with Crippen molar-refractivity contribution >= 4 is 5.84 Å². The van der Waals surface area contributed by atoms with Gasteiger partial charge >= 0.3 is 12.4 Å². The number of nitrogens with one attached hydrogen (secondary N) is 1. The first-order valence-corrected chi connectivity index (χ1v) is 7.19. The summed E-state index contributed by atoms with van der Waals surface area (Å²) >= 11 is 0. The van der Waals surface area contributed by atoms with Crippen LogP contribution in [-0.2, 0) is 5.54 Å². The Bertz CT molecular complexity index is 533. The molecule has 23 heavy (non-hydrogen) atoms. The number of amidine groups is 1. The molecule has 0 spiro atoms. The number of aliphatic imine (C=N–C) groups is 1. The Balaban J connectivity index is 2.56. The third kappa shape index (κ3) is 3.45. The quantitative estimate of drug-likeness (QED) is 0.785. The van der Waals surface area contributed by atoms with Crippen molar-refractivity contribution in [2.24, 2.45) is 4.99 Å². The number of alkyl halides is 6. The molecular formula is C15H16F6N2. The summed E-state index contributed by atoms with van der Waals surface area (Å²) < 4.78 is 81.5. The number of halogens is 6. The molecule has 0 aromatic heterocycles. The van der Waals surface area contributed by atoms with Crippen LogP contribution in [0.3, 0.4) is 0 Å². The molecule has 1 heterocycles. The van der Waals surface area contributed by atoms with Gasteiger partial charge in [0, 0.05) is 13.0 Å². The molecule has 1 aromatic rings. The van der Waals surface area contributed by atoms with Crippen LogP contribution in [0.1, 0.15) is 31.2 Å². The van der Waals surface area contributed by atoms with E-state index in [1.54, 1.807) is 5.32 Å². The van der Waals surface area contributed by atoms with Crippen molar-refractivity contribution in [1.82, 2.24) is 5.32 Å². The van der Waals surface area contributed by atoms with E-state index in [2.05, 4.69) is 4.99 Å². The highest BCUT2D eigenvalue weighted by Gasteiger charge is 2.72. The average molecular weight is 338 g/mol. The van der Waals surface area contributed by atoms with Crippen molar-refractivity contribution < 1.29 is 26.3 Å². The van der Waals surface area contributed by atoms with Gasteiger partial charge in [0.25, 0.3) is 5.54 Å². The Morgan fingerprint density at radius 3 is 2.00 bits per heavy atom. The lowest BCUT2D eigenvalue weighted by Crippen LogP contribution is -2.64. The summed E-state index contributed by atoms with van der Waals surface area (Å²) in [5, 5.41) is 1.71. The fourth-order valence-corrected chi connectivity index (χ4v) is 2.58. The highest BCUT2D eigenvalue weighted by atomic mass is 19.4. The van der Waals surface area contributed by atoms with Crippen LogP contribution in [0.15, 0.2) is 35.3 Å². The molecule has 2 nitrogen and oxygen atoms in total. The number of hydrogen-bond acceptors (Lipinski definition) is 2. The molecule has 0 bridgehead atoms. The minimum absolute atomic E-state index is 0.0702. The van der Waals surface area contributed by atoms with Gasteiger partial charge in [-0.25, -0.2) is 0 Å². The van der Waals surface area contributed by atoms with E-state index in [-0.39, 0.29) is 18.8 Å². The van der Waals surface area contributed by atoms with Crippen LogP contribution in [0.2, 0.25) is 0 Å². The molecule has 1 aromatic carbocycles. The smallest absolute Gasteiger partial charge is 0.349 e. The monoisotopic (exact) mass is 338 g/mol. The molecule has 1 aliphatic rings. The maximum Gasteiger partial charge on any atom is 0.424 e.